The van der Waals surface area contributed by atoms with Gasteiger partial charge >= 0.3 is 6.03 Å². The van der Waals surface area contributed by atoms with E-state index < -0.39 is 0 Å². The van der Waals surface area contributed by atoms with Gasteiger partial charge in [0.05, 0.1) is 0 Å². The van der Waals surface area contributed by atoms with Gasteiger partial charge in [0.1, 0.15) is 5.76 Å². The van der Waals surface area contributed by atoms with Gasteiger partial charge < -0.3 is 18.9 Å². The van der Waals surface area contributed by atoms with Crippen LogP contribution < -0.4 is 14.8 Å². The van der Waals surface area contributed by atoms with Gasteiger partial charge in [-0.25, -0.2) is 4.79 Å². The number of piperazine rings is 1. The van der Waals surface area contributed by atoms with E-state index in [2.05, 4.69) is 21.4 Å². The zero-order valence-corrected chi connectivity index (χ0v) is 16.5. The molecule has 2 aliphatic heterocycles. The van der Waals surface area contributed by atoms with Crippen molar-refractivity contribution in [2.24, 2.45) is 0 Å². The van der Waals surface area contributed by atoms with Gasteiger partial charge in [-0.1, -0.05) is 32.0 Å². The largest absolute Gasteiger partial charge is 0.454 e. The van der Waals surface area contributed by atoms with Crippen molar-refractivity contribution in [3.05, 3.63) is 35.6 Å². The van der Waals surface area contributed by atoms with E-state index in [1.54, 1.807) is 6.07 Å². The summed E-state index contributed by atoms with van der Waals surface area (Å²) in [5.41, 5.74) is 1.04. The minimum Gasteiger partial charge on any atom is -0.454 e. The van der Waals surface area contributed by atoms with Crippen LogP contribution in [0.2, 0.25) is 0 Å². The molecule has 2 amide bonds. The van der Waals surface area contributed by atoms with E-state index in [0.29, 0.717) is 18.9 Å². The molecular formula is C20H26N4O4. The van der Waals surface area contributed by atoms with E-state index in [1.165, 1.54) is 5.56 Å². The van der Waals surface area contributed by atoms with E-state index in [1.807, 2.05) is 37.8 Å². The molecule has 4 rings (SSSR count). The number of fused-ring (bicyclic) bond motifs is 1. The summed E-state index contributed by atoms with van der Waals surface area (Å²) in [4.78, 5) is 16.6. The van der Waals surface area contributed by atoms with Crippen LogP contribution in [0.5, 0.6) is 11.5 Å². The Hall–Kier alpha value is -2.74. The SMILES string of the molecule is CC(C)(C)c1cc(NC(=O)N2CCN(Cc3ccc4c(c3)OCO4)CC2)no1. The van der Waals surface area contributed by atoms with Crippen LogP contribution >= 0.6 is 0 Å². The Kier molecular flexibility index (Phi) is 4.89. The molecule has 150 valence electrons. The van der Waals surface area contributed by atoms with E-state index in [4.69, 9.17) is 14.0 Å². The lowest BCUT2D eigenvalue weighted by molar-refractivity contribution is 0.143. The molecule has 28 heavy (non-hydrogen) atoms. The van der Waals surface area contributed by atoms with Crippen molar-refractivity contribution in [2.75, 3.05) is 38.3 Å². The van der Waals surface area contributed by atoms with Crippen LogP contribution in [-0.2, 0) is 12.0 Å². The molecule has 1 aromatic carbocycles. The highest BCUT2D eigenvalue weighted by molar-refractivity contribution is 5.88. The van der Waals surface area contributed by atoms with E-state index in [0.717, 1.165) is 36.9 Å². The predicted molar refractivity (Wildman–Crippen MR) is 104 cm³/mol. The highest BCUT2D eigenvalue weighted by Crippen LogP contribution is 2.33. The molecule has 3 heterocycles. The smallest absolute Gasteiger partial charge is 0.323 e. The highest BCUT2D eigenvalue weighted by Gasteiger charge is 2.24. The number of benzene rings is 1. The fraction of sp³-hybridized carbons (Fsp3) is 0.500. The minimum absolute atomic E-state index is 0.142. The number of hydrogen-bond acceptors (Lipinski definition) is 6. The summed E-state index contributed by atoms with van der Waals surface area (Å²) < 4.78 is 16.1. The van der Waals surface area contributed by atoms with Crippen molar-refractivity contribution < 1.29 is 18.8 Å². The third-order valence-corrected chi connectivity index (χ3v) is 4.99. The molecular weight excluding hydrogens is 360 g/mol. The average molecular weight is 386 g/mol. The third-order valence-electron chi connectivity index (χ3n) is 4.99. The molecule has 0 radical (unpaired) electrons. The molecule has 0 spiro atoms. The first-order valence-corrected chi connectivity index (χ1v) is 9.52. The minimum atomic E-state index is -0.143. The van der Waals surface area contributed by atoms with Gasteiger partial charge in [0.2, 0.25) is 6.79 Å². The monoisotopic (exact) mass is 386 g/mol. The van der Waals surface area contributed by atoms with E-state index in [-0.39, 0.29) is 18.2 Å². The zero-order valence-electron chi connectivity index (χ0n) is 16.5. The van der Waals surface area contributed by atoms with Gasteiger partial charge in [0.15, 0.2) is 17.3 Å². The molecule has 2 aliphatic rings. The van der Waals surface area contributed by atoms with Crippen LogP contribution in [0.25, 0.3) is 0 Å². The molecule has 0 unspecified atom stereocenters. The van der Waals surface area contributed by atoms with E-state index in [9.17, 15) is 4.79 Å². The lowest BCUT2D eigenvalue weighted by Crippen LogP contribution is -2.49. The summed E-state index contributed by atoms with van der Waals surface area (Å²) in [5.74, 6) is 2.81. The summed E-state index contributed by atoms with van der Waals surface area (Å²) in [6.07, 6.45) is 0. The number of carbonyl (C=O) groups is 1. The quantitative estimate of drug-likeness (QED) is 0.873. The second-order valence-electron chi connectivity index (χ2n) is 8.21. The maximum Gasteiger partial charge on any atom is 0.323 e. The first-order valence-electron chi connectivity index (χ1n) is 9.52. The number of nitrogens with zero attached hydrogens (tertiary/aromatic N) is 3. The van der Waals surface area contributed by atoms with Crippen LogP contribution in [0.3, 0.4) is 0 Å². The number of anilines is 1. The molecule has 8 heteroatoms. The molecule has 0 aliphatic carbocycles. The highest BCUT2D eigenvalue weighted by atomic mass is 16.7. The summed E-state index contributed by atoms with van der Waals surface area (Å²) in [7, 11) is 0. The number of aromatic nitrogens is 1. The van der Waals surface area contributed by atoms with Crippen molar-refractivity contribution in [3.63, 3.8) is 0 Å². The van der Waals surface area contributed by atoms with Crippen molar-refractivity contribution in [1.82, 2.24) is 15.0 Å². The van der Waals surface area contributed by atoms with Crippen molar-refractivity contribution in [1.29, 1.82) is 0 Å². The number of amides is 2. The Morgan fingerprint density at radius 3 is 2.57 bits per heavy atom. The van der Waals surface area contributed by atoms with Crippen LogP contribution in [0.1, 0.15) is 32.1 Å². The number of ether oxygens (including phenoxy) is 2. The molecule has 2 aromatic rings. The number of nitrogens with one attached hydrogen (secondary N) is 1. The fourth-order valence-corrected chi connectivity index (χ4v) is 3.28. The number of hydrogen-bond donors (Lipinski definition) is 1. The third kappa shape index (κ3) is 4.06. The van der Waals surface area contributed by atoms with Crippen LogP contribution in [0, 0.1) is 0 Å². The van der Waals surface area contributed by atoms with Crippen LogP contribution in [-0.4, -0.2) is 54.0 Å². The zero-order chi connectivity index (χ0) is 19.7. The maximum atomic E-state index is 12.5. The molecule has 0 bridgehead atoms. The first kappa shape index (κ1) is 18.6. The Morgan fingerprint density at radius 2 is 1.86 bits per heavy atom. The summed E-state index contributed by atoms with van der Waals surface area (Å²) in [6, 6.07) is 7.68. The topological polar surface area (TPSA) is 80.1 Å². The standard InChI is InChI=1S/C20H26N4O4/c1-20(2,3)17-11-18(22-28-17)21-19(25)24-8-6-23(7-9-24)12-14-4-5-15-16(10-14)27-13-26-15/h4-5,10-11H,6-9,12-13H2,1-3H3,(H,21,22,25). The Balaban J connectivity index is 1.28. The van der Waals surface area contributed by atoms with Crippen molar-refractivity contribution in [2.45, 2.75) is 32.7 Å². The molecule has 1 aromatic heterocycles. The van der Waals surface area contributed by atoms with E-state index >= 15 is 0 Å². The van der Waals surface area contributed by atoms with Crippen LogP contribution in [0.4, 0.5) is 10.6 Å². The van der Waals surface area contributed by atoms with Gasteiger partial charge in [0.25, 0.3) is 0 Å². The van der Waals surface area contributed by atoms with Gasteiger partial charge in [-0.2, -0.15) is 0 Å². The van der Waals surface area contributed by atoms with Crippen molar-refractivity contribution >= 4 is 11.8 Å². The molecule has 1 fully saturated rings. The average Bonchev–Trinajstić information content (AvgIpc) is 3.31. The van der Waals surface area contributed by atoms with Crippen LogP contribution in [0.15, 0.2) is 28.8 Å². The molecule has 1 N–H and O–H groups in total. The molecule has 8 nitrogen and oxygen atoms in total. The first-order chi connectivity index (χ1) is 13.4. The fourth-order valence-electron chi connectivity index (χ4n) is 3.28. The maximum absolute atomic E-state index is 12.5. The molecule has 0 atom stereocenters. The van der Waals surface area contributed by atoms with Gasteiger partial charge in [-0.3, -0.25) is 10.2 Å². The second-order valence-corrected chi connectivity index (χ2v) is 8.21. The second kappa shape index (κ2) is 7.35. The van der Waals surface area contributed by atoms with Gasteiger partial charge in [-0.15, -0.1) is 0 Å². The lowest BCUT2D eigenvalue weighted by Gasteiger charge is -2.34. The Morgan fingerprint density at radius 1 is 1.11 bits per heavy atom. The Bertz CT molecular complexity index is 850. The summed E-state index contributed by atoms with van der Waals surface area (Å²) in [5, 5.41) is 6.78. The lowest BCUT2D eigenvalue weighted by atomic mass is 9.93. The summed E-state index contributed by atoms with van der Waals surface area (Å²) in [6.45, 7) is 10.2. The van der Waals surface area contributed by atoms with Gasteiger partial charge in [0, 0.05) is 44.2 Å². The molecule has 0 saturated carbocycles. The number of rotatable bonds is 3. The normalized spacial score (nSPS) is 17.0. The number of urea groups is 1. The van der Waals surface area contributed by atoms with Gasteiger partial charge in [-0.05, 0) is 17.7 Å². The Labute approximate surface area is 164 Å². The molecule has 1 saturated heterocycles. The number of carbonyl (C=O) groups excluding carboxylic acids is 1. The predicted octanol–water partition coefficient (Wildman–Crippen LogP) is 3.05. The van der Waals surface area contributed by atoms with Crippen molar-refractivity contribution in [3.8, 4) is 11.5 Å². The summed E-state index contributed by atoms with van der Waals surface area (Å²) >= 11 is 0.